The SMILES string of the molecule is [B]c1cccc(C(C)C)c1[B]. The average molecular weight is 140 g/mol. The number of rotatable bonds is 1. The fraction of sp³-hybridized carbons (Fsp3) is 0.333. The van der Waals surface area contributed by atoms with E-state index in [9.17, 15) is 0 Å². The lowest BCUT2D eigenvalue weighted by Gasteiger charge is -2.11. The van der Waals surface area contributed by atoms with Crippen LogP contribution in [0.5, 0.6) is 0 Å². The van der Waals surface area contributed by atoms with Gasteiger partial charge in [0.2, 0.25) is 0 Å². The molecule has 1 aromatic carbocycles. The third-order valence-electron chi connectivity index (χ3n) is 1.80. The van der Waals surface area contributed by atoms with Crippen molar-refractivity contribution in [3.8, 4) is 0 Å². The van der Waals surface area contributed by atoms with Crippen LogP contribution in [0, 0.1) is 0 Å². The summed E-state index contributed by atoms with van der Waals surface area (Å²) >= 11 is 0. The Hall–Kier alpha value is -0.650. The molecule has 1 rings (SSSR count). The zero-order chi connectivity index (χ0) is 8.43. The summed E-state index contributed by atoms with van der Waals surface area (Å²) in [6.45, 7) is 4.20. The minimum atomic E-state index is 0.443. The van der Waals surface area contributed by atoms with Crippen molar-refractivity contribution in [2.24, 2.45) is 0 Å². The van der Waals surface area contributed by atoms with Gasteiger partial charge in [-0.1, -0.05) is 37.6 Å². The lowest BCUT2D eigenvalue weighted by Crippen LogP contribution is -2.29. The van der Waals surface area contributed by atoms with Gasteiger partial charge in [0.1, 0.15) is 15.7 Å². The van der Waals surface area contributed by atoms with Gasteiger partial charge in [0.05, 0.1) is 0 Å². The molecule has 2 heteroatoms. The van der Waals surface area contributed by atoms with Crippen LogP contribution in [0.4, 0.5) is 0 Å². The molecule has 0 heterocycles. The summed E-state index contributed by atoms with van der Waals surface area (Å²) in [4.78, 5) is 0. The van der Waals surface area contributed by atoms with E-state index in [4.69, 9.17) is 15.7 Å². The predicted molar refractivity (Wildman–Crippen MR) is 51.3 cm³/mol. The van der Waals surface area contributed by atoms with Gasteiger partial charge in [-0.05, 0) is 5.92 Å². The highest BCUT2D eigenvalue weighted by Crippen LogP contribution is 2.08. The Kier molecular flexibility index (Phi) is 2.43. The Morgan fingerprint density at radius 3 is 2.27 bits per heavy atom. The van der Waals surface area contributed by atoms with Crippen molar-refractivity contribution in [1.29, 1.82) is 0 Å². The van der Waals surface area contributed by atoms with Crippen molar-refractivity contribution in [2.75, 3.05) is 0 Å². The van der Waals surface area contributed by atoms with Gasteiger partial charge in [-0.15, -0.1) is 10.9 Å². The normalized spacial score (nSPS) is 10.5. The molecule has 0 amide bonds. The summed E-state index contributed by atoms with van der Waals surface area (Å²) in [5, 5.41) is 0. The van der Waals surface area contributed by atoms with Crippen LogP contribution >= 0.6 is 0 Å². The van der Waals surface area contributed by atoms with Crippen LogP contribution in [0.1, 0.15) is 25.3 Å². The molecule has 0 spiro atoms. The van der Waals surface area contributed by atoms with Crippen molar-refractivity contribution < 1.29 is 0 Å². The first kappa shape index (κ1) is 8.45. The lowest BCUT2D eigenvalue weighted by molar-refractivity contribution is 0.874. The van der Waals surface area contributed by atoms with Gasteiger partial charge in [-0.25, -0.2) is 0 Å². The first-order valence-electron chi connectivity index (χ1n) is 3.76. The topological polar surface area (TPSA) is 0 Å². The van der Waals surface area contributed by atoms with Gasteiger partial charge in [0, 0.05) is 0 Å². The molecule has 0 aliphatic rings. The smallest absolute Gasteiger partial charge is 0.103 e. The Morgan fingerprint density at radius 1 is 1.18 bits per heavy atom. The molecule has 1 aromatic rings. The first-order valence-corrected chi connectivity index (χ1v) is 3.76. The summed E-state index contributed by atoms with van der Waals surface area (Å²) in [6, 6.07) is 5.76. The number of benzene rings is 1. The summed E-state index contributed by atoms with van der Waals surface area (Å²) in [7, 11) is 11.4. The molecule has 0 aliphatic heterocycles. The summed E-state index contributed by atoms with van der Waals surface area (Å²) in [5.41, 5.74) is 2.53. The van der Waals surface area contributed by atoms with E-state index in [1.54, 1.807) is 0 Å². The zero-order valence-electron chi connectivity index (χ0n) is 6.96. The molecule has 0 N–H and O–H groups in total. The number of hydrogen-bond acceptors (Lipinski definition) is 0. The largest absolute Gasteiger partial charge is 0.113 e. The molecule has 0 unspecified atom stereocenters. The molecule has 0 fully saturated rings. The maximum absolute atomic E-state index is 5.76. The van der Waals surface area contributed by atoms with Gasteiger partial charge in [-0.3, -0.25) is 0 Å². The van der Waals surface area contributed by atoms with E-state index in [-0.39, 0.29) is 0 Å². The fourth-order valence-electron chi connectivity index (χ4n) is 1.11. The van der Waals surface area contributed by atoms with Crippen molar-refractivity contribution in [2.45, 2.75) is 19.8 Å². The first-order chi connectivity index (χ1) is 5.13. The molecule has 0 aliphatic carbocycles. The summed E-state index contributed by atoms with van der Waals surface area (Å²) in [5.74, 6) is 0.443. The average Bonchev–Trinajstić information content (AvgIpc) is 1.94. The van der Waals surface area contributed by atoms with Gasteiger partial charge in [0.25, 0.3) is 0 Å². The van der Waals surface area contributed by atoms with Crippen molar-refractivity contribution in [3.63, 3.8) is 0 Å². The third-order valence-corrected chi connectivity index (χ3v) is 1.80. The van der Waals surface area contributed by atoms with E-state index < -0.39 is 0 Å². The molecule has 52 valence electrons. The van der Waals surface area contributed by atoms with E-state index >= 15 is 0 Å². The number of hydrogen-bond donors (Lipinski definition) is 0. The van der Waals surface area contributed by atoms with Crippen LogP contribution in [0.2, 0.25) is 0 Å². The summed E-state index contributed by atoms with van der Waals surface area (Å²) in [6.07, 6.45) is 0. The van der Waals surface area contributed by atoms with Gasteiger partial charge in [-0.2, -0.15) is 0 Å². The van der Waals surface area contributed by atoms with E-state index in [1.807, 2.05) is 18.2 Å². The highest BCUT2D eigenvalue weighted by molar-refractivity contribution is 6.49. The zero-order valence-corrected chi connectivity index (χ0v) is 6.96. The Balaban J connectivity index is 3.17. The van der Waals surface area contributed by atoms with Crippen LogP contribution in [0.25, 0.3) is 0 Å². The van der Waals surface area contributed by atoms with Crippen LogP contribution < -0.4 is 10.9 Å². The predicted octanol–water partition coefficient (Wildman–Crippen LogP) is 0.398. The van der Waals surface area contributed by atoms with Crippen molar-refractivity contribution >= 4 is 26.6 Å². The molecular formula is C9H10B2. The lowest BCUT2D eigenvalue weighted by atomic mass is 9.75. The minimum absolute atomic E-state index is 0.443. The second-order valence-electron chi connectivity index (χ2n) is 3.00. The van der Waals surface area contributed by atoms with Crippen molar-refractivity contribution in [1.82, 2.24) is 0 Å². The quantitative estimate of drug-likeness (QED) is 0.495. The Bertz CT molecular complexity index is 254. The summed E-state index contributed by atoms with van der Waals surface area (Å²) < 4.78 is 0. The molecule has 4 radical (unpaired) electrons. The monoisotopic (exact) mass is 140 g/mol. The second-order valence-corrected chi connectivity index (χ2v) is 3.00. The fourth-order valence-corrected chi connectivity index (χ4v) is 1.11. The minimum Gasteiger partial charge on any atom is -0.103 e. The molecular weight excluding hydrogens is 130 g/mol. The standard InChI is InChI=1S/C9H10B2/c1-6(2)7-4-3-5-8(10)9(7)11/h3-6H,1-2H3. The van der Waals surface area contributed by atoms with Crippen LogP contribution in [0.3, 0.4) is 0 Å². The Morgan fingerprint density at radius 2 is 1.82 bits per heavy atom. The van der Waals surface area contributed by atoms with Crippen molar-refractivity contribution in [3.05, 3.63) is 23.8 Å². The van der Waals surface area contributed by atoms with E-state index in [1.165, 1.54) is 0 Å². The van der Waals surface area contributed by atoms with Gasteiger partial charge in [0.15, 0.2) is 0 Å². The van der Waals surface area contributed by atoms with Crippen LogP contribution in [0.15, 0.2) is 18.2 Å². The molecule has 11 heavy (non-hydrogen) atoms. The van der Waals surface area contributed by atoms with E-state index in [0.717, 1.165) is 11.0 Å². The maximum Gasteiger partial charge on any atom is 0.113 e. The van der Waals surface area contributed by atoms with Gasteiger partial charge >= 0.3 is 0 Å². The molecule has 0 atom stereocenters. The molecule has 0 bridgehead atoms. The second kappa shape index (κ2) is 3.17. The molecule has 0 nitrogen and oxygen atoms in total. The molecule has 0 saturated heterocycles. The van der Waals surface area contributed by atoms with Crippen LogP contribution in [-0.4, -0.2) is 15.7 Å². The van der Waals surface area contributed by atoms with Crippen LogP contribution in [-0.2, 0) is 0 Å². The highest BCUT2D eigenvalue weighted by atomic mass is 14.0. The van der Waals surface area contributed by atoms with Gasteiger partial charge < -0.3 is 0 Å². The maximum atomic E-state index is 5.76. The highest BCUT2D eigenvalue weighted by Gasteiger charge is 2.02. The van der Waals surface area contributed by atoms with E-state index in [0.29, 0.717) is 11.4 Å². The Labute approximate surface area is 70.8 Å². The molecule has 0 saturated carbocycles. The molecule has 0 aromatic heterocycles. The van der Waals surface area contributed by atoms with E-state index in [2.05, 4.69) is 13.8 Å². The third kappa shape index (κ3) is 1.68.